The van der Waals surface area contributed by atoms with Gasteiger partial charge in [-0.2, -0.15) is 0 Å². The number of aromatic amines is 1. The molecule has 24 heavy (non-hydrogen) atoms. The van der Waals surface area contributed by atoms with Crippen molar-refractivity contribution in [2.24, 2.45) is 5.92 Å². The third-order valence-electron chi connectivity index (χ3n) is 5.00. The van der Waals surface area contributed by atoms with Crippen molar-refractivity contribution in [2.45, 2.75) is 19.4 Å². The van der Waals surface area contributed by atoms with Gasteiger partial charge >= 0.3 is 0 Å². The number of likely N-dealkylation sites (tertiary alicyclic amines) is 1. The van der Waals surface area contributed by atoms with E-state index < -0.39 is 0 Å². The molecule has 1 unspecified atom stereocenters. The zero-order chi connectivity index (χ0) is 16.4. The molecule has 0 aliphatic carbocycles. The van der Waals surface area contributed by atoms with Crippen LogP contribution in [0.4, 0.5) is 0 Å². The van der Waals surface area contributed by atoms with Crippen LogP contribution in [-0.2, 0) is 17.8 Å². The van der Waals surface area contributed by atoms with Gasteiger partial charge in [-0.1, -0.05) is 48.5 Å². The number of fused-ring (bicyclic) bond motifs is 1. The van der Waals surface area contributed by atoms with Crippen molar-refractivity contribution in [3.8, 4) is 0 Å². The molecule has 0 saturated carbocycles. The fourth-order valence-corrected chi connectivity index (χ4v) is 3.71. The zero-order valence-corrected chi connectivity index (χ0v) is 13.7. The van der Waals surface area contributed by atoms with Crippen LogP contribution in [0.3, 0.4) is 0 Å². The molecule has 0 bridgehead atoms. The second-order valence-corrected chi connectivity index (χ2v) is 6.70. The number of nitrogens with zero attached hydrogens (tertiary/aromatic N) is 1. The molecule has 0 radical (unpaired) electrons. The molecule has 1 fully saturated rings. The van der Waals surface area contributed by atoms with Crippen LogP contribution in [0.1, 0.15) is 17.5 Å². The minimum Gasteiger partial charge on any atom is -0.361 e. The number of hydrogen-bond acceptors (Lipinski definition) is 2. The number of H-pyrrole nitrogens is 1. The van der Waals surface area contributed by atoms with Gasteiger partial charge in [-0.3, -0.25) is 9.69 Å². The normalized spacial score (nSPS) is 19.0. The number of aromatic nitrogens is 1. The number of benzene rings is 2. The number of nitrogens with one attached hydrogen (secondary N) is 1. The van der Waals surface area contributed by atoms with Crippen LogP contribution in [0, 0.1) is 5.92 Å². The van der Waals surface area contributed by atoms with Gasteiger partial charge in [0.15, 0.2) is 0 Å². The molecule has 1 saturated heterocycles. The Labute approximate surface area is 142 Å². The van der Waals surface area contributed by atoms with Gasteiger partial charge in [0.1, 0.15) is 5.78 Å². The maximum absolute atomic E-state index is 12.4. The quantitative estimate of drug-likeness (QED) is 0.794. The summed E-state index contributed by atoms with van der Waals surface area (Å²) in [6.07, 6.45) is 3.56. The molecule has 1 aliphatic heterocycles. The highest BCUT2D eigenvalue weighted by Crippen LogP contribution is 2.24. The molecule has 0 spiro atoms. The second kappa shape index (κ2) is 6.62. The lowest BCUT2D eigenvalue weighted by molar-refractivity contribution is -0.126. The third kappa shape index (κ3) is 3.13. The maximum atomic E-state index is 12.4. The van der Waals surface area contributed by atoms with Gasteiger partial charge in [-0.15, -0.1) is 0 Å². The Bertz CT molecular complexity index is 837. The van der Waals surface area contributed by atoms with E-state index in [0.29, 0.717) is 12.2 Å². The monoisotopic (exact) mass is 318 g/mol. The fourth-order valence-electron chi connectivity index (χ4n) is 3.71. The predicted molar refractivity (Wildman–Crippen MR) is 96.8 cm³/mol. The average Bonchev–Trinajstić information content (AvgIpc) is 3.02. The van der Waals surface area contributed by atoms with Gasteiger partial charge in [0.25, 0.3) is 0 Å². The maximum Gasteiger partial charge on any atom is 0.138 e. The summed E-state index contributed by atoms with van der Waals surface area (Å²) in [5, 5.41) is 1.24. The van der Waals surface area contributed by atoms with E-state index >= 15 is 0 Å². The lowest BCUT2D eigenvalue weighted by Crippen LogP contribution is -2.41. The molecular weight excluding hydrogens is 296 g/mol. The molecular formula is C21H22N2O. The van der Waals surface area contributed by atoms with E-state index in [-0.39, 0.29) is 5.92 Å². The van der Waals surface area contributed by atoms with Crippen LogP contribution < -0.4 is 0 Å². The van der Waals surface area contributed by atoms with Crippen molar-refractivity contribution >= 4 is 16.7 Å². The number of hydrogen-bond donors (Lipinski definition) is 1. The van der Waals surface area contributed by atoms with Gasteiger partial charge in [0.05, 0.1) is 0 Å². The van der Waals surface area contributed by atoms with Gasteiger partial charge in [0.2, 0.25) is 0 Å². The number of carbonyl (C=O) groups excluding carboxylic acids is 1. The first-order chi connectivity index (χ1) is 11.8. The highest BCUT2D eigenvalue weighted by Gasteiger charge is 2.27. The molecule has 1 aliphatic rings. The summed E-state index contributed by atoms with van der Waals surface area (Å²) in [5.74, 6) is 0.506. The molecule has 122 valence electrons. The first-order valence-electron chi connectivity index (χ1n) is 8.63. The van der Waals surface area contributed by atoms with Crippen molar-refractivity contribution in [2.75, 3.05) is 13.1 Å². The Balaban J connectivity index is 1.48. The van der Waals surface area contributed by atoms with Gasteiger partial charge < -0.3 is 4.98 Å². The van der Waals surface area contributed by atoms with E-state index in [0.717, 1.165) is 31.6 Å². The van der Waals surface area contributed by atoms with Crippen molar-refractivity contribution in [3.63, 3.8) is 0 Å². The zero-order valence-electron chi connectivity index (χ0n) is 13.7. The standard InChI is InChI=1S/C21H22N2O/c24-21-10-11-23(14-16-6-2-1-3-7-16)15-18(21)12-17-13-22-20-9-5-4-8-19(17)20/h1-9,13,18,22H,10-12,14-15H2. The molecule has 2 heterocycles. The first-order valence-corrected chi connectivity index (χ1v) is 8.63. The molecule has 3 heteroatoms. The summed E-state index contributed by atoms with van der Waals surface area (Å²) in [6.45, 7) is 2.66. The fraction of sp³-hybridized carbons (Fsp3) is 0.286. The van der Waals surface area contributed by atoms with Crippen LogP contribution in [0.15, 0.2) is 60.8 Å². The number of para-hydroxylation sites is 1. The second-order valence-electron chi connectivity index (χ2n) is 6.70. The summed E-state index contributed by atoms with van der Waals surface area (Å²) in [6, 6.07) is 18.8. The van der Waals surface area contributed by atoms with E-state index in [4.69, 9.17) is 0 Å². The summed E-state index contributed by atoms with van der Waals surface area (Å²) in [5.41, 5.74) is 3.72. The number of rotatable bonds is 4. The van der Waals surface area contributed by atoms with Gasteiger partial charge in [-0.05, 0) is 23.6 Å². The van der Waals surface area contributed by atoms with Crippen LogP contribution in [0.2, 0.25) is 0 Å². The van der Waals surface area contributed by atoms with E-state index in [1.807, 2.05) is 12.1 Å². The first kappa shape index (κ1) is 15.2. The number of Topliss-reactive ketones (excluding diaryl/α,β-unsaturated/α-hetero) is 1. The van der Waals surface area contributed by atoms with Crippen LogP contribution in [-0.4, -0.2) is 28.8 Å². The lowest BCUT2D eigenvalue weighted by Gasteiger charge is -2.31. The van der Waals surface area contributed by atoms with Crippen molar-refractivity contribution < 1.29 is 4.79 Å². The van der Waals surface area contributed by atoms with E-state index in [2.05, 4.69) is 58.5 Å². The summed E-state index contributed by atoms with van der Waals surface area (Å²) in [4.78, 5) is 18.1. The molecule has 3 aromatic rings. The predicted octanol–water partition coefficient (Wildman–Crippen LogP) is 3.80. The molecule has 4 rings (SSSR count). The molecule has 1 N–H and O–H groups in total. The van der Waals surface area contributed by atoms with E-state index in [1.54, 1.807) is 0 Å². The Morgan fingerprint density at radius 1 is 1.04 bits per heavy atom. The highest BCUT2D eigenvalue weighted by atomic mass is 16.1. The smallest absolute Gasteiger partial charge is 0.138 e. The lowest BCUT2D eigenvalue weighted by atomic mass is 9.89. The largest absolute Gasteiger partial charge is 0.361 e. The van der Waals surface area contributed by atoms with Gasteiger partial charge in [-0.25, -0.2) is 0 Å². The SMILES string of the molecule is O=C1CCN(Cc2ccccc2)CC1Cc1c[nH]c2ccccc12. The topological polar surface area (TPSA) is 36.1 Å². The molecule has 3 nitrogen and oxygen atoms in total. The number of piperidine rings is 1. The minimum absolute atomic E-state index is 0.0988. The Hall–Kier alpha value is -2.39. The molecule has 1 atom stereocenters. The summed E-state index contributed by atoms with van der Waals surface area (Å²) < 4.78 is 0. The van der Waals surface area contributed by atoms with Gasteiger partial charge in [0, 0.05) is 49.1 Å². The number of carbonyl (C=O) groups is 1. The third-order valence-corrected chi connectivity index (χ3v) is 5.00. The van der Waals surface area contributed by atoms with Crippen LogP contribution in [0.25, 0.3) is 10.9 Å². The molecule has 1 aromatic heterocycles. The molecule has 2 aromatic carbocycles. The number of ketones is 1. The minimum atomic E-state index is 0.0988. The Morgan fingerprint density at radius 3 is 2.71 bits per heavy atom. The summed E-state index contributed by atoms with van der Waals surface area (Å²) in [7, 11) is 0. The van der Waals surface area contributed by atoms with Crippen LogP contribution in [0.5, 0.6) is 0 Å². The average molecular weight is 318 g/mol. The van der Waals surface area contributed by atoms with Crippen molar-refractivity contribution in [1.29, 1.82) is 0 Å². The Morgan fingerprint density at radius 2 is 1.83 bits per heavy atom. The van der Waals surface area contributed by atoms with E-state index in [9.17, 15) is 4.79 Å². The van der Waals surface area contributed by atoms with Crippen LogP contribution >= 0.6 is 0 Å². The van der Waals surface area contributed by atoms with Crippen molar-refractivity contribution in [1.82, 2.24) is 9.88 Å². The Kier molecular flexibility index (Phi) is 4.18. The highest BCUT2D eigenvalue weighted by molar-refractivity contribution is 5.86. The molecule has 0 amide bonds. The van der Waals surface area contributed by atoms with E-state index in [1.165, 1.54) is 16.5 Å². The van der Waals surface area contributed by atoms with Crippen molar-refractivity contribution in [3.05, 3.63) is 71.9 Å². The summed E-state index contributed by atoms with van der Waals surface area (Å²) >= 11 is 0.